The highest BCUT2D eigenvalue weighted by Crippen LogP contribution is 2.02. The second kappa shape index (κ2) is 8.47. The first-order valence-corrected chi connectivity index (χ1v) is 6.02. The molecule has 2 rings (SSSR count). The van der Waals surface area contributed by atoms with Crippen LogP contribution in [-0.2, 0) is 9.53 Å². The van der Waals surface area contributed by atoms with Crippen molar-refractivity contribution < 1.29 is 14.3 Å². The number of pyridine rings is 2. The van der Waals surface area contributed by atoms with Crippen LogP contribution in [0.2, 0.25) is 0 Å². The molecule has 20 heavy (non-hydrogen) atoms. The van der Waals surface area contributed by atoms with Gasteiger partial charge in [-0.15, -0.1) is 0 Å². The summed E-state index contributed by atoms with van der Waals surface area (Å²) in [6, 6.07) is 10.3. The van der Waals surface area contributed by atoms with E-state index in [1.165, 1.54) is 19.5 Å². The summed E-state index contributed by atoms with van der Waals surface area (Å²) in [5, 5.41) is 13.1. The normalized spacial score (nSPS) is 10.7. The van der Waals surface area contributed by atoms with Crippen molar-refractivity contribution in [3.05, 3.63) is 60.2 Å². The molecule has 2 heterocycles. The maximum atomic E-state index is 11.0. The van der Waals surface area contributed by atoms with Gasteiger partial charge in [-0.2, -0.15) is 4.73 Å². The zero-order valence-corrected chi connectivity index (χ0v) is 11.4. The molecule has 2 aromatic heterocycles. The number of aromatic nitrogens is 2. The summed E-state index contributed by atoms with van der Waals surface area (Å²) in [5.74, 6) is 0.367. The average molecular weight is 275 g/mol. The van der Waals surface area contributed by atoms with Crippen molar-refractivity contribution in [3.8, 4) is 0 Å². The van der Waals surface area contributed by atoms with Crippen molar-refractivity contribution in [2.24, 2.45) is 0 Å². The largest absolute Gasteiger partial charge is 0.619 e. The molecule has 0 aromatic carbocycles. The van der Waals surface area contributed by atoms with Crippen molar-refractivity contribution in [1.82, 2.24) is 4.98 Å². The zero-order chi connectivity index (χ0) is 14.8. The summed E-state index contributed by atoms with van der Waals surface area (Å²) in [4.78, 5) is 15.0. The van der Waals surface area contributed by atoms with E-state index in [2.05, 4.69) is 15.0 Å². The number of rotatable bonds is 3. The Kier molecular flexibility index (Phi) is 6.53. The first-order valence-electron chi connectivity index (χ1n) is 6.02. The quantitative estimate of drug-likeness (QED) is 0.520. The van der Waals surface area contributed by atoms with Gasteiger partial charge in [0.1, 0.15) is 11.9 Å². The molecule has 106 valence electrons. The first kappa shape index (κ1) is 15.4. The van der Waals surface area contributed by atoms with Crippen LogP contribution in [0, 0.1) is 5.21 Å². The Bertz CT molecular complexity index is 506. The number of hydrogen-bond acceptors (Lipinski definition) is 5. The Morgan fingerprint density at radius 1 is 1.30 bits per heavy atom. The number of hydrogen-bond donors (Lipinski definition) is 1. The Balaban J connectivity index is 0.000000240. The molecule has 0 aliphatic heterocycles. The summed E-state index contributed by atoms with van der Waals surface area (Å²) in [5.41, 5.74) is 0. The predicted octanol–water partition coefficient (Wildman–Crippen LogP) is 1.37. The standard InChI is InChI=1S/C9H12N2O2.C5H5NO/c1-7(9(12)13-2)11-8-5-3-4-6-10-8;7-6-4-2-1-3-5-6/h3-7H,1-2H3,(H,10,11);1-5H/t7-;/m1./s1. The Morgan fingerprint density at radius 2 is 2.00 bits per heavy atom. The molecular weight excluding hydrogens is 258 g/mol. The van der Waals surface area contributed by atoms with Gasteiger partial charge in [-0.05, 0) is 19.1 Å². The van der Waals surface area contributed by atoms with E-state index in [4.69, 9.17) is 0 Å². The van der Waals surface area contributed by atoms with Crippen LogP contribution in [0.1, 0.15) is 6.92 Å². The van der Waals surface area contributed by atoms with Crippen molar-refractivity contribution in [2.45, 2.75) is 13.0 Å². The summed E-state index contributed by atoms with van der Waals surface area (Å²) < 4.78 is 5.30. The van der Waals surface area contributed by atoms with Crippen LogP contribution in [0.25, 0.3) is 0 Å². The van der Waals surface area contributed by atoms with Crippen molar-refractivity contribution in [3.63, 3.8) is 0 Å². The minimum atomic E-state index is -0.375. The monoisotopic (exact) mass is 275 g/mol. The Hall–Kier alpha value is -2.63. The molecule has 0 radical (unpaired) electrons. The molecule has 0 aliphatic rings. The van der Waals surface area contributed by atoms with Crippen molar-refractivity contribution in [2.75, 3.05) is 12.4 Å². The van der Waals surface area contributed by atoms with E-state index in [0.29, 0.717) is 5.82 Å². The number of anilines is 1. The van der Waals surface area contributed by atoms with Gasteiger partial charge >= 0.3 is 5.97 Å². The van der Waals surface area contributed by atoms with Crippen LogP contribution < -0.4 is 10.0 Å². The third kappa shape index (κ3) is 5.81. The van der Waals surface area contributed by atoms with Gasteiger partial charge < -0.3 is 15.3 Å². The molecule has 1 atom stereocenters. The summed E-state index contributed by atoms with van der Waals surface area (Å²) in [6.45, 7) is 1.72. The first-order chi connectivity index (χ1) is 9.63. The molecule has 0 unspecified atom stereocenters. The molecule has 1 N–H and O–H groups in total. The Labute approximate surface area is 117 Å². The van der Waals surface area contributed by atoms with E-state index in [1.807, 2.05) is 12.1 Å². The fourth-order valence-corrected chi connectivity index (χ4v) is 1.29. The van der Waals surface area contributed by atoms with Crippen LogP contribution in [0.3, 0.4) is 0 Å². The maximum absolute atomic E-state index is 11.0. The number of carbonyl (C=O) groups excluding carboxylic acids is 1. The van der Waals surface area contributed by atoms with Crippen molar-refractivity contribution >= 4 is 11.8 Å². The van der Waals surface area contributed by atoms with E-state index in [-0.39, 0.29) is 12.0 Å². The summed E-state index contributed by atoms with van der Waals surface area (Å²) in [6.07, 6.45) is 4.55. The molecular formula is C14H17N3O3. The summed E-state index contributed by atoms with van der Waals surface area (Å²) >= 11 is 0. The van der Waals surface area contributed by atoms with E-state index < -0.39 is 0 Å². The third-order valence-corrected chi connectivity index (χ3v) is 2.27. The fraction of sp³-hybridized carbons (Fsp3) is 0.214. The average Bonchev–Trinajstić information content (AvgIpc) is 2.49. The molecule has 0 saturated carbocycles. The van der Waals surface area contributed by atoms with E-state index >= 15 is 0 Å². The lowest BCUT2D eigenvalue weighted by atomic mass is 10.3. The molecule has 0 spiro atoms. The number of nitrogens with one attached hydrogen (secondary N) is 1. The second-order valence-corrected chi connectivity index (χ2v) is 3.84. The van der Waals surface area contributed by atoms with Gasteiger partial charge in [0.15, 0.2) is 12.4 Å². The fourth-order valence-electron chi connectivity index (χ4n) is 1.29. The van der Waals surface area contributed by atoms with Gasteiger partial charge in [0, 0.05) is 18.3 Å². The topological polar surface area (TPSA) is 78.2 Å². The maximum Gasteiger partial charge on any atom is 0.328 e. The van der Waals surface area contributed by atoms with Gasteiger partial charge in [0.2, 0.25) is 0 Å². The molecule has 0 aliphatic carbocycles. The minimum absolute atomic E-state index is 0.300. The highest BCUT2D eigenvalue weighted by atomic mass is 16.5. The lowest BCUT2D eigenvalue weighted by Crippen LogP contribution is -2.27. The van der Waals surface area contributed by atoms with Gasteiger partial charge in [-0.25, -0.2) is 9.78 Å². The molecule has 6 heteroatoms. The molecule has 6 nitrogen and oxygen atoms in total. The number of ether oxygens (including phenoxy) is 1. The van der Waals surface area contributed by atoms with Crippen LogP contribution in [0.15, 0.2) is 55.0 Å². The highest BCUT2D eigenvalue weighted by molar-refractivity contribution is 5.78. The highest BCUT2D eigenvalue weighted by Gasteiger charge is 2.12. The van der Waals surface area contributed by atoms with E-state index in [1.54, 1.807) is 37.4 Å². The van der Waals surface area contributed by atoms with Gasteiger partial charge in [-0.1, -0.05) is 12.1 Å². The molecule has 0 amide bonds. The zero-order valence-electron chi connectivity index (χ0n) is 11.4. The van der Waals surface area contributed by atoms with E-state index in [0.717, 1.165) is 4.73 Å². The Morgan fingerprint density at radius 3 is 2.45 bits per heavy atom. The molecule has 0 saturated heterocycles. The lowest BCUT2D eigenvalue weighted by Gasteiger charge is -2.11. The van der Waals surface area contributed by atoms with Gasteiger partial charge in [0.25, 0.3) is 0 Å². The summed E-state index contributed by atoms with van der Waals surface area (Å²) in [7, 11) is 1.36. The van der Waals surface area contributed by atoms with Gasteiger partial charge in [0.05, 0.1) is 7.11 Å². The van der Waals surface area contributed by atoms with Crippen molar-refractivity contribution in [1.29, 1.82) is 0 Å². The van der Waals surface area contributed by atoms with Gasteiger partial charge in [-0.3, -0.25) is 0 Å². The molecule has 0 bridgehead atoms. The second-order valence-electron chi connectivity index (χ2n) is 3.84. The van der Waals surface area contributed by atoms with Crippen LogP contribution in [-0.4, -0.2) is 24.1 Å². The van der Waals surface area contributed by atoms with Crippen LogP contribution in [0.5, 0.6) is 0 Å². The number of carbonyl (C=O) groups is 1. The van der Waals surface area contributed by atoms with Crippen LogP contribution >= 0.6 is 0 Å². The lowest BCUT2D eigenvalue weighted by molar-refractivity contribution is -0.605. The minimum Gasteiger partial charge on any atom is -0.619 e. The molecule has 0 fully saturated rings. The number of nitrogens with zero attached hydrogens (tertiary/aromatic N) is 2. The number of methoxy groups -OCH3 is 1. The smallest absolute Gasteiger partial charge is 0.328 e. The SMILES string of the molecule is COC(=O)[C@@H](C)Nc1ccccn1.[O-][n+]1ccccc1. The van der Waals surface area contributed by atoms with E-state index in [9.17, 15) is 10.0 Å². The third-order valence-electron chi connectivity index (χ3n) is 2.27. The number of esters is 1. The molecule has 2 aromatic rings. The predicted molar refractivity (Wildman–Crippen MR) is 74.7 cm³/mol. The van der Waals surface area contributed by atoms with Crippen LogP contribution in [0.4, 0.5) is 5.82 Å².